The van der Waals surface area contributed by atoms with E-state index in [1.54, 1.807) is 0 Å². The molecule has 1 unspecified atom stereocenters. The average molecular weight is 198 g/mol. The number of nitrogens with zero attached hydrogens (tertiary/aromatic N) is 2. The summed E-state index contributed by atoms with van der Waals surface area (Å²) < 4.78 is 0. The van der Waals surface area contributed by atoms with Crippen LogP contribution in [0.2, 0.25) is 0 Å². The van der Waals surface area contributed by atoms with Gasteiger partial charge in [-0.2, -0.15) is 0 Å². The summed E-state index contributed by atoms with van der Waals surface area (Å²) in [5.41, 5.74) is 0.223. The highest BCUT2D eigenvalue weighted by atomic mass is 16.3. The van der Waals surface area contributed by atoms with Crippen LogP contribution in [0.25, 0.3) is 0 Å². The van der Waals surface area contributed by atoms with Crippen molar-refractivity contribution in [1.29, 1.82) is 0 Å². The molecule has 2 aliphatic heterocycles. The van der Waals surface area contributed by atoms with Gasteiger partial charge in [0.15, 0.2) is 0 Å². The second-order valence-corrected chi connectivity index (χ2v) is 4.90. The van der Waals surface area contributed by atoms with Gasteiger partial charge in [-0.25, -0.2) is 0 Å². The third-order valence-electron chi connectivity index (χ3n) is 4.23. The Kier molecular flexibility index (Phi) is 2.82. The lowest BCUT2D eigenvalue weighted by Crippen LogP contribution is -2.46. The highest BCUT2D eigenvalue weighted by molar-refractivity contribution is 4.95. The number of hydrogen-bond donors (Lipinski definition) is 1. The first-order chi connectivity index (χ1) is 6.68. The molecule has 2 saturated heterocycles. The molecule has 3 heteroatoms. The molecule has 0 aromatic heterocycles. The minimum Gasteiger partial charge on any atom is -0.378 e. The average Bonchev–Trinajstić information content (AvgIpc) is 2.49. The molecule has 0 radical (unpaired) electrons. The molecule has 2 aliphatic rings. The number of aliphatic hydroxyl groups is 1. The first kappa shape index (κ1) is 10.4. The van der Waals surface area contributed by atoms with Crippen molar-refractivity contribution in [2.75, 3.05) is 33.2 Å². The molecule has 14 heavy (non-hydrogen) atoms. The molecule has 2 heterocycles. The van der Waals surface area contributed by atoms with Crippen molar-refractivity contribution < 1.29 is 5.11 Å². The van der Waals surface area contributed by atoms with Crippen LogP contribution >= 0.6 is 0 Å². The van der Waals surface area contributed by atoms with Gasteiger partial charge in [0, 0.05) is 12.0 Å². The van der Waals surface area contributed by atoms with E-state index in [1.807, 2.05) is 7.05 Å². The fourth-order valence-electron chi connectivity index (χ4n) is 2.94. The van der Waals surface area contributed by atoms with E-state index in [9.17, 15) is 5.11 Å². The number of likely N-dealkylation sites (tertiary alicyclic amines) is 2. The van der Waals surface area contributed by atoms with Crippen LogP contribution in [0.1, 0.15) is 26.2 Å². The predicted molar refractivity (Wildman–Crippen MR) is 57.0 cm³/mol. The zero-order chi connectivity index (χ0) is 10.2. The first-order valence-corrected chi connectivity index (χ1v) is 5.78. The molecule has 2 fully saturated rings. The molecule has 0 aromatic carbocycles. The zero-order valence-corrected chi connectivity index (χ0v) is 9.37. The molecule has 0 saturated carbocycles. The molecule has 0 amide bonds. The van der Waals surface area contributed by atoms with Crippen molar-refractivity contribution >= 4 is 0 Å². The highest BCUT2D eigenvalue weighted by Crippen LogP contribution is 2.43. The summed E-state index contributed by atoms with van der Waals surface area (Å²) in [4.78, 5) is 4.58. The molecule has 1 atom stereocenters. The lowest BCUT2D eigenvalue weighted by Gasteiger charge is -2.41. The van der Waals surface area contributed by atoms with Crippen LogP contribution in [-0.2, 0) is 0 Å². The summed E-state index contributed by atoms with van der Waals surface area (Å²) >= 11 is 0. The topological polar surface area (TPSA) is 26.7 Å². The SMILES string of the molecule is CCN1CCC2(CC1)CCN(C)C2O. The van der Waals surface area contributed by atoms with E-state index in [0.29, 0.717) is 0 Å². The van der Waals surface area contributed by atoms with Crippen molar-refractivity contribution in [1.82, 2.24) is 9.80 Å². The van der Waals surface area contributed by atoms with E-state index in [0.717, 1.165) is 13.1 Å². The van der Waals surface area contributed by atoms with Crippen LogP contribution in [0.5, 0.6) is 0 Å². The van der Waals surface area contributed by atoms with Crippen LogP contribution < -0.4 is 0 Å². The molecular formula is C11H22N2O. The maximum absolute atomic E-state index is 10.1. The second kappa shape index (κ2) is 3.80. The maximum Gasteiger partial charge on any atom is 0.112 e. The van der Waals surface area contributed by atoms with Gasteiger partial charge in [-0.15, -0.1) is 0 Å². The van der Waals surface area contributed by atoms with Gasteiger partial charge in [-0.05, 0) is 45.9 Å². The Hall–Kier alpha value is -0.120. The molecule has 82 valence electrons. The van der Waals surface area contributed by atoms with E-state index in [2.05, 4.69) is 16.7 Å². The van der Waals surface area contributed by atoms with Crippen molar-refractivity contribution in [3.05, 3.63) is 0 Å². The first-order valence-electron chi connectivity index (χ1n) is 5.78. The monoisotopic (exact) mass is 198 g/mol. The van der Waals surface area contributed by atoms with Crippen molar-refractivity contribution in [3.63, 3.8) is 0 Å². The fraction of sp³-hybridized carbons (Fsp3) is 1.00. The number of rotatable bonds is 1. The second-order valence-electron chi connectivity index (χ2n) is 4.90. The predicted octanol–water partition coefficient (Wildman–Crippen LogP) is 0.742. The van der Waals surface area contributed by atoms with Gasteiger partial charge < -0.3 is 10.0 Å². The van der Waals surface area contributed by atoms with Crippen LogP contribution in [0, 0.1) is 5.41 Å². The third-order valence-corrected chi connectivity index (χ3v) is 4.23. The normalized spacial score (nSPS) is 34.1. The Balaban J connectivity index is 1.99. The quantitative estimate of drug-likeness (QED) is 0.673. The maximum atomic E-state index is 10.1. The Bertz CT molecular complexity index is 199. The van der Waals surface area contributed by atoms with E-state index < -0.39 is 0 Å². The lowest BCUT2D eigenvalue weighted by molar-refractivity contribution is -0.0580. The van der Waals surface area contributed by atoms with E-state index >= 15 is 0 Å². The number of aliphatic hydroxyl groups excluding tert-OH is 1. The van der Waals surface area contributed by atoms with E-state index in [1.165, 1.54) is 32.4 Å². The molecule has 0 aromatic rings. The summed E-state index contributed by atoms with van der Waals surface area (Å²) in [6, 6.07) is 0. The standard InChI is InChI=1S/C11H22N2O/c1-3-13-8-5-11(6-9-13)4-7-12(2)10(11)14/h10,14H,3-9H2,1-2H3. The molecule has 0 bridgehead atoms. The van der Waals surface area contributed by atoms with Crippen LogP contribution in [0.4, 0.5) is 0 Å². The molecule has 3 nitrogen and oxygen atoms in total. The van der Waals surface area contributed by atoms with Gasteiger partial charge in [0.1, 0.15) is 6.23 Å². The summed E-state index contributed by atoms with van der Waals surface area (Å²) in [6.45, 7) is 6.77. The summed E-state index contributed by atoms with van der Waals surface area (Å²) in [7, 11) is 2.03. The van der Waals surface area contributed by atoms with Gasteiger partial charge in [0.05, 0.1) is 0 Å². The summed E-state index contributed by atoms with van der Waals surface area (Å²) in [6.07, 6.45) is 3.34. The molecule has 0 aliphatic carbocycles. The van der Waals surface area contributed by atoms with Gasteiger partial charge in [-0.1, -0.05) is 6.92 Å². The Morgan fingerprint density at radius 1 is 1.21 bits per heavy atom. The Labute approximate surface area is 86.7 Å². The Morgan fingerprint density at radius 2 is 1.79 bits per heavy atom. The fourth-order valence-corrected chi connectivity index (χ4v) is 2.94. The van der Waals surface area contributed by atoms with Crippen molar-refractivity contribution in [3.8, 4) is 0 Å². The minimum absolute atomic E-state index is 0.193. The Morgan fingerprint density at radius 3 is 2.21 bits per heavy atom. The summed E-state index contributed by atoms with van der Waals surface area (Å²) in [5, 5.41) is 10.1. The number of hydrogen-bond acceptors (Lipinski definition) is 3. The lowest BCUT2D eigenvalue weighted by atomic mass is 9.76. The highest BCUT2D eigenvalue weighted by Gasteiger charge is 2.46. The van der Waals surface area contributed by atoms with Gasteiger partial charge in [-0.3, -0.25) is 4.90 Å². The minimum atomic E-state index is -0.193. The largest absolute Gasteiger partial charge is 0.378 e. The van der Waals surface area contributed by atoms with Crippen LogP contribution in [0.15, 0.2) is 0 Å². The zero-order valence-electron chi connectivity index (χ0n) is 9.37. The third kappa shape index (κ3) is 1.58. The molecular weight excluding hydrogens is 176 g/mol. The van der Waals surface area contributed by atoms with Crippen molar-refractivity contribution in [2.45, 2.75) is 32.4 Å². The summed E-state index contributed by atoms with van der Waals surface area (Å²) in [5.74, 6) is 0. The van der Waals surface area contributed by atoms with Crippen molar-refractivity contribution in [2.24, 2.45) is 5.41 Å². The number of piperidine rings is 1. The van der Waals surface area contributed by atoms with Gasteiger partial charge in [0.25, 0.3) is 0 Å². The van der Waals surface area contributed by atoms with Gasteiger partial charge in [0.2, 0.25) is 0 Å². The van der Waals surface area contributed by atoms with Gasteiger partial charge >= 0.3 is 0 Å². The van der Waals surface area contributed by atoms with E-state index in [-0.39, 0.29) is 11.6 Å². The molecule has 1 N–H and O–H groups in total. The van der Waals surface area contributed by atoms with Crippen LogP contribution in [-0.4, -0.2) is 54.4 Å². The smallest absolute Gasteiger partial charge is 0.112 e. The molecule has 2 rings (SSSR count). The van der Waals surface area contributed by atoms with Crippen LogP contribution in [0.3, 0.4) is 0 Å². The van der Waals surface area contributed by atoms with E-state index in [4.69, 9.17) is 0 Å². The molecule has 1 spiro atoms.